The Labute approximate surface area is 70.1 Å². The number of carbonyl (C=O) groups excluding carboxylic acids is 1. The molecule has 4 heteroatoms. The number of methoxy groups -OCH3 is 1. The van der Waals surface area contributed by atoms with Crippen molar-refractivity contribution < 1.29 is 14.6 Å². The van der Waals surface area contributed by atoms with Gasteiger partial charge in [-0.15, -0.1) is 11.8 Å². The summed E-state index contributed by atoms with van der Waals surface area (Å²) in [6, 6.07) is 0. The lowest BCUT2D eigenvalue weighted by molar-refractivity contribution is -0.147. The van der Waals surface area contributed by atoms with Crippen LogP contribution in [0.5, 0.6) is 0 Å². The highest BCUT2D eigenvalue weighted by Gasteiger charge is 2.30. The van der Waals surface area contributed by atoms with Crippen molar-refractivity contribution in [3.05, 3.63) is 0 Å². The van der Waals surface area contributed by atoms with Crippen molar-refractivity contribution in [3.8, 4) is 0 Å². The van der Waals surface area contributed by atoms with E-state index in [0.29, 0.717) is 0 Å². The lowest BCUT2D eigenvalue weighted by Gasteiger charge is -2.24. The van der Waals surface area contributed by atoms with Gasteiger partial charge in [0, 0.05) is 0 Å². The molecule has 0 aromatic rings. The van der Waals surface area contributed by atoms with E-state index >= 15 is 0 Å². The molecule has 0 aliphatic carbocycles. The van der Waals surface area contributed by atoms with Crippen LogP contribution in [0.25, 0.3) is 0 Å². The Balaban J connectivity index is 2.47. The number of hydrogen-bond acceptors (Lipinski definition) is 4. The minimum Gasteiger partial charge on any atom is -0.469 e. The molecule has 2 atom stereocenters. The van der Waals surface area contributed by atoms with Gasteiger partial charge in [0.05, 0.1) is 13.0 Å². The van der Waals surface area contributed by atoms with Crippen molar-refractivity contribution in [2.45, 2.75) is 18.3 Å². The molecule has 1 aliphatic rings. The Morgan fingerprint density at radius 3 is 3.00 bits per heavy atom. The normalized spacial score (nSPS) is 31.5. The molecule has 0 radical (unpaired) electrons. The predicted molar refractivity (Wildman–Crippen MR) is 43.2 cm³/mol. The van der Waals surface area contributed by atoms with Crippen LogP contribution in [0, 0.1) is 5.92 Å². The van der Waals surface area contributed by atoms with E-state index in [0.717, 1.165) is 18.6 Å². The number of esters is 1. The summed E-state index contributed by atoms with van der Waals surface area (Å²) >= 11 is 1.42. The Morgan fingerprint density at radius 2 is 2.45 bits per heavy atom. The molecule has 1 heterocycles. The van der Waals surface area contributed by atoms with Gasteiger partial charge in [0.1, 0.15) is 5.44 Å². The Morgan fingerprint density at radius 1 is 1.73 bits per heavy atom. The second kappa shape index (κ2) is 3.97. The molecule has 1 aliphatic heterocycles. The first kappa shape index (κ1) is 8.87. The monoisotopic (exact) mass is 176 g/mol. The van der Waals surface area contributed by atoms with Gasteiger partial charge >= 0.3 is 5.97 Å². The Hall–Kier alpha value is -0.220. The van der Waals surface area contributed by atoms with Crippen LogP contribution in [0.2, 0.25) is 0 Å². The third kappa shape index (κ3) is 2.10. The highest BCUT2D eigenvalue weighted by atomic mass is 32.2. The highest BCUT2D eigenvalue weighted by molar-refractivity contribution is 7.99. The number of aliphatic hydroxyl groups is 1. The molecule has 0 amide bonds. The zero-order chi connectivity index (χ0) is 8.27. The van der Waals surface area contributed by atoms with Crippen LogP contribution in [0.3, 0.4) is 0 Å². The second-order valence-corrected chi connectivity index (χ2v) is 3.76. The first-order chi connectivity index (χ1) is 5.25. The van der Waals surface area contributed by atoms with Gasteiger partial charge in [0.2, 0.25) is 0 Å². The summed E-state index contributed by atoms with van der Waals surface area (Å²) in [4.78, 5) is 11.0. The van der Waals surface area contributed by atoms with E-state index in [1.807, 2.05) is 0 Å². The molecule has 0 saturated carbocycles. The van der Waals surface area contributed by atoms with Crippen LogP contribution in [-0.2, 0) is 9.53 Å². The molecule has 0 aromatic carbocycles. The maximum absolute atomic E-state index is 11.0. The number of rotatable bonds is 1. The zero-order valence-electron chi connectivity index (χ0n) is 6.45. The summed E-state index contributed by atoms with van der Waals surface area (Å²) in [5.41, 5.74) is -0.559. The van der Waals surface area contributed by atoms with Gasteiger partial charge in [-0.3, -0.25) is 4.79 Å². The molecule has 1 fully saturated rings. The molecular weight excluding hydrogens is 164 g/mol. The number of thioether (sulfide) groups is 1. The maximum Gasteiger partial charge on any atom is 0.312 e. The quantitative estimate of drug-likeness (QED) is 0.595. The van der Waals surface area contributed by atoms with Crippen LogP contribution in [0.4, 0.5) is 0 Å². The predicted octanol–water partition coefficient (Wildman–Crippen LogP) is 0.621. The van der Waals surface area contributed by atoms with Crippen LogP contribution in [-0.4, -0.2) is 29.4 Å². The third-order valence-corrected chi connectivity index (χ3v) is 2.99. The van der Waals surface area contributed by atoms with Crippen LogP contribution < -0.4 is 0 Å². The largest absolute Gasteiger partial charge is 0.469 e. The van der Waals surface area contributed by atoms with Gasteiger partial charge in [-0.25, -0.2) is 0 Å². The van der Waals surface area contributed by atoms with E-state index < -0.39 is 5.44 Å². The minimum atomic E-state index is -0.559. The standard InChI is InChI=1S/C7H12O3S/c1-10-6(8)5-3-2-4-11-7(5)9/h5,7,9H,2-4H2,1H3/t5?,7-/m1/s1. The minimum absolute atomic E-state index is 0.287. The average Bonchev–Trinajstić information content (AvgIpc) is 2.04. The van der Waals surface area contributed by atoms with E-state index in [9.17, 15) is 9.90 Å². The molecule has 1 N–H and O–H groups in total. The third-order valence-electron chi connectivity index (χ3n) is 1.80. The van der Waals surface area contributed by atoms with Gasteiger partial charge in [-0.05, 0) is 18.6 Å². The van der Waals surface area contributed by atoms with E-state index in [4.69, 9.17) is 0 Å². The van der Waals surface area contributed by atoms with Crippen molar-refractivity contribution in [3.63, 3.8) is 0 Å². The van der Waals surface area contributed by atoms with E-state index in [-0.39, 0.29) is 11.9 Å². The van der Waals surface area contributed by atoms with Gasteiger partial charge in [-0.2, -0.15) is 0 Å². The Kier molecular flexibility index (Phi) is 3.20. The summed E-state index contributed by atoms with van der Waals surface area (Å²) in [6.45, 7) is 0. The molecule has 0 spiro atoms. The fraction of sp³-hybridized carbons (Fsp3) is 0.857. The first-order valence-electron chi connectivity index (χ1n) is 3.63. The molecule has 0 bridgehead atoms. The van der Waals surface area contributed by atoms with E-state index in [2.05, 4.69) is 4.74 Å². The van der Waals surface area contributed by atoms with Crippen molar-refractivity contribution in [1.29, 1.82) is 0 Å². The van der Waals surface area contributed by atoms with Gasteiger partial charge < -0.3 is 9.84 Å². The average molecular weight is 176 g/mol. The lowest BCUT2D eigenvalue weighted by atomic mass is 10.0. The van der Waals surface area contributed by atoms with Crippen molar-refractivity contribution in [2.75, 3.05) is 12.9 Å². The van der Waals surface area contributed by atoms with E-state index in [1.165, 1.54) is 18.9 Å². The summed E-state index contributed by atoms with van der Waals surface area (Å²) in [5, 5.41) is 9.33. The summed E-state index contributed by atoms with van der Waals surface area (Å²) < 4.78 is 4.55. The summed E-state index contributed by atoms with van der Waals surface area (Å²) in [6.07, 6.45) is 1.74. The Bertz CT molecular complexity index is 149. The highest BCUT2D eigenvalue weighted by Crippen LogP contribution is 2.29. The number of ether oxygens (including phenoxy) is 1. The van der Waals surface area contributed by atoms with Crippen molar-refractivity contribution in [2.24, 2.45) is 5.92 Å². The molecule has 64 valence electrons. The molecular formula is C7H12O3S. The lowest BCUT2D eigenvalue weighted by Crippen LogP contribution is -2.30. The molecule has 1 unspecified atom stereocenters. The molecule has 11 heavy (non-hydrogen) atoms. The van der Waals surface area contributed by atoms with Gasteiger partial charge in [0.25, 0.3) is 0 Å². The first-order valence-corrected chi connectivity index (χ1v) is 4.68. The van der Waals surface area contributed by atoms with Crippen LogP contribution >= 0.6 is 11.8 Å². The SMILES string of the molecule is COC(=O)C1CCCS[C@H]1O. The van der Waals surface area contributed by atoms with Crippen molar-refractivity contribution >= 4 is 17.7 Å². The van der Waals surface area contributed by atoms with Gasteiger partial charge in [-0.1, -0.05) is 0 Å². The molecule has 1 saturated heterocycles. The molecule has 1 rings (SSSR count). The number of aliphatic hydroxyl groups excluding tert-OH is 1. The number of carbonyl (C=O) groups is 1. The molecule has 0 aromatic heterocycles. The van der Waals surface area contributed by atoms with Crippen molar-refractivity contribution in [1.82, 2.24) is 0 Å². The topological polar surface area (TPSA) is 46.5 Å². The zero-order valence-corrected chi connectivity index (χ0v) is 7.26. The smallest absolute Gasteiger partial charge is 0.312 e. The molecule has 3 nitrogen and oxygen atoms in total. The van der Waals surface area contributed by atoms with E-state index in [1.54, 1.807) is 0 Å². The van der Waals surface area contributed by atoms with Gasteiger partial charge in [0.15, 0.2) is 0 Å². The number of hydrogen-bond donors (Lipinski definition) is 1. The maximum atomic E-state index is 11.0. The second-order valence-electron chi connectivity index (χ2n) is 2.53. The summed E-state index contributed by atoms with van der Waals surface area (Å²) in [7, 11) is 1.36. The fourth-order valence-corrected chi connectivity index (χ4v) is 2.21. The van der Waals surface area contributed by atoms with Crippen LogP contribution in [0.15, 0.2) is 0 Å². The fourth-order valence-electron chi connectivity index (χ4n) is 1.15. The van der Waals surface area contributed by atoms with Crippen LogP contribution in [0.1, 0.15) is 12.8 Å². The summed E-state index contributed by atoms with van der Waals surface area (Å²) in [5.74, 6) is 0.345.